The maximum absolute atomic E-state index is 12.9. The molecule has 2 rings (SSSR count). The lowest BCUT2D eigenvalue weighted by molar-refractivity contribution is -0.138. The number of carbonyl (C=O) groups is 2. The molecule has 14 heteroatoms. The molecular weight excluding hydrogens is 450 g/mol. The van der Waals surface area contributed by atoms with Gasteiger partial charge < -0.3 is 9.47 Å². The van der Waals surface area contributed by atoms with Gasteiger partial charge in [-0.2, -0.15) is 26.3 Å². The molecule has 0 unspecified atom stereocenters. The van der Waals surface area contributed by atoms with Crippen LogP contribution < -0.4 is 0 Å². The van der Waals surface area contributed by atoms with E-state index in [4.69, 9.17) is 0 Å². The van der Waals surface area contributed by atoms with Crippen molar-refractivity contribution in [2.24, 2.45) is 0 Å². The number of carbonyl (C=O) groups excluding carboxylic acids is 2. The number of esters is 2. The molecule has 4 nitrogen and oxygen atoms in total. The van der Waals surface area contributed by atoms with E-state index in [0.29, 0.717) is 23.5 Å². The van der Waals surface area contributed by atoms with Crippen LogP contribution >= 0.6 is 47.0 Å². The van der Waals surface area contributed by atoms with Gasteiger partial charge in [0, 0.05) is 0 Å². The molecule has 0 aliphatic carbocycles. The monoisotopic (exact) mass is 456 g/mol. The second kappa shape index (κ2) is 7.64. The Bertz CT molecular complexity index is 692. The summed E-state index contributed by atoms with van der Waals surface area (Å²) in [6.07, 6.45) is -10.4. The molecule has 0 radical (unpaired) electrons. The van der Waals surface area contributed by atoms with Crippen molar-refractivity contribution in [2.45, 2.75) is 12.4 Å². The van der Waals surface area contributed by atoms with E-state index in [2.05, 4.69) is 9.47 Å². The Labute approximate surface area is 159 Å². The third-order valence-corrected chi connectivity index (χ3v) is 8.38. The Morgan fingerprint density at radius 2 is 1.00 bits per heavy atom. The van der Waals surface area contributed by atoms with Crippen LogP contribution in [0.3, 0.4) is 0 Å². The average Bonchev–Trinajstić information content (AvgIpc) is 3.16. The number of rotatable bonds is 2. The van der Waals surface area contributed by atoms with Gasteiger partial charge in [-0.25, -0.2) is 9.59 Å². The van der Waals surface area contributed by atoms with E-state index >= 15 is 0 Å². The molecule has 2 heterocycles. The summed E-state index contributed by atoms with van der Waals surface area (Å²) in [5, 5.41) is 0. The van der Waals surface area contributed by atoms with Gasteiger partial charge in [-0.1, -0.05) is 47.0 Å². The van der Waals surface area contributed by atoms with Crippen molar-refractivity contribution in [1.29, 1.82) is 0 Å². The average molecular weight is 456 g/mol. The lowest BCUT2D eigenvalue weighted by Gasteiger charge is -2.10. The van der Waals surface area contributed by atoms with Crippen molar-refractivity contribution in [3.8, 4) is 0 Å². The minimum absolute atomic E-state index is 0.0678. The number of hydrogen-bond acceptors (Lipinski definition) is 8. The summed E-state index contributed by atoms with van der Waals surface area (Å²) in [5.74, 6) is -1.90. The topological polar surface area (TPSA) is 52.6 Å². The largest absolute Gasteiger partial charge is 0.465 e. The summed E-state index contributed by atoms with van der Waals surface area (Å²) in [6, 6.07) is 0. The van der Waals surface area contributed by atoms with E-state index in [1.54, 1.807) is 0 Å². The fourth-order valence-electron chi connectivity index (χ4n) is 1.59. The first-order chi connectivity index (χ1) is 11.9. The smallest absolute Gasteiger partial charge is 0.423 e. The zero-order valence-corrected chi connectivity index (χ0v) is 15.8. The third-order valence-electron chi connectivity index (χ3n) is 2.61. The predicted octanol–water partition coefficient (Wildman–Crippen LogP) is 4.97. The maximum atomic E-state index is 12.9. The van der Waals surface area contributed by atoms with Gasteiger partial charge in [-0.3, -0.25) is 0 Å². The van der Waals surface area contributed by atoms with Crippen molar-refractivity contribution in [3.05, 3.63) is 28.1 Å². The number of allylic oxidation sites excluding steroid dienone is 2. The van der Waals surface area contributed by atoms with E-state index in [9.17, 15) is 35.9 Å². The number of hydrogen-bond donors (Lipinski definition) is 0. The predicted molar refractivity (Wildman–Crippen MR) is 87.6 cm³/mol. The lowest BCUT2D eigenvalue weighted by Crippen LogP contribution is -2.16. The number of thioether (sulfide) groups is 4. The SMILES string of the molecule is COC(=O)C1=C(C(=O)OC)SC(=C2SC(C(F)(F)F)=C(C(F)(F)F)S2)S1. The van der Waals surface area contributed by atoms with E-state index in [1.807, 2.05) is 0 Å². The van der Waals surface area contributed by atoms with Gasteiger partial charge in [0.1, 0.15) is 19.6 Å². The highest BCUT2D eigenvalue weighted by atomic mass is 32.2. The number of methoxy groups -OCH3 is 2. The van der Waals surface area contributed by atoms with Crippen LogP contribution in [-0.4, -0.2) is 38.5 Å². The molecule has 0 aromatic rings. The molecule has 0 aromatic heterocycles. The first-order valence-electron chi connectivity index (χ1n) is 6.15. The molecule has 2 aliphatic rings. The highest BCUT2D eigenvalue weighted by Crippen LogP contribution is 2.64. The Morgan fingerprint density at radius 3 is 1.27 bits per heavy atom. The van der Waals surface area contributed by atoms with Gasteiger partial charge in [0.15, 0.2) is 0 Å². The zero-order chi connectivity index (χ0) is 19.9. The molecule has 0 saturated heterocycles. The Balaban J connectivity index is 2.40. The van der Waals surface area contributed by atoms with E-state index < -0.39 is 34.1 Å². The van der Waals surface area contributed by atoms with Crippen molar-refractivity contribution in [1.82, 2.24) is 0 Å². The third kappa shape index (κ3) is 4.34. The summed E-state index contributed by atoms with van der Waals surface area (Å²) in [7, 11) is 2.04. The minimum Gasteiger partial charge on any atom is -0.465 e. The van der Waals surface area contributed by atoms with Gasteiger partial charge >= 0.3 is 24.3 Å². The van der Waals surface area contributed by atoms with Crippen molar-refractivity contribution in [3.63, 3.8) is 0 Å². The number of alkyl halides is 6. The first kappa shape index (κ1) is 21.4. The summed E-state index contributed by atoms with van der Waals surface area (Å²) in [4.78, 5) is 19.3. The Kier molecular flexibility index (Phi) is 6.30. The zero-order valence-electron chi connectivity index (χ0n) is 12.5. The second-order valence-corrected chi connectivity index (χ2v) is 8.88. The van der Waals surface area contributed by atoms with Crippen LogP contribution in [0.15, 0.2) is 28.1 Å². The molecular formula is C12H6F6O4S4. The van der Waals surface area contributed by atoms with Gasteiger partial charge in [0.2, 0.25) is 0 Å². The van der Waals surface area contributed by atoms with Crippen LogP contribution in [0.2, 0.25) is 0 Å². The summed E-state index contributed by atoms with van der Waals surface area (Å²) in [5.41, 5.74) is 0. The van der Waals surface area contributed by atoms with E-state index in [-0.39, 0.29) is 41.8 Å². The Hall–Kier alpha value is -0.860. The van der Waals surface area contributed by atoms with E-state index in [0.717, 1.165) is 14.2 Å². The molecule has 0 saturated carbocycles. The van der Waals surface area contributed by atoms with Crippen LogP contribution in [0.25, 0.3) is 0 Å². The summed E-state index contributed by atoms with van der Waals surface area (Å²) in [6.45, 7) is 0. The molecule has 0 bridgehead atoms. The van der Waals surface area contributed by atoms with Crippen molar-refractivity contribution < 1.29 is 45.4 Å². The fraction of sp³-hybridized carbons (Fsp3) is 0.333. The van der Waals surface area contributed by atoms with Gasteiger partial charge in [0.05, 0.1) is 22.7 Å². The standard InChI is InChI=1S/C12H6F6O4S4/c1-21-7(19)3-4(8(20)22-2)24-9(23-3)10-25-5(11(13,14)15)6(26-10)12(16,17)18/h1-2H3. The van der Waals surface area contributed by atoms with Crippen molar-refractivity contribution >= 4 is 59.0 Å². The molecule has 0 aromatic carbocycles. The number of ether oxygens (including phenoxy) is 2. The van der Waals surface area contributed by atoms with Gasteiger partial charge in [0.25, 0.3) is 0 Å². The van der Waals surface area contributed by atoms with Gasteiger partial charge in [-0.15, -0.1) is 0 Å². The lowest BCUT2D eigenvalue weighted by atomic mass is 10.4. The van der Waals surface area contributed by atoms with Crippen LogP contribution in [0.5, 0.6) is 0 Å². The van der Waals surface area contributed by atoms with E-state index in [1.165, 1.54) is 0 Å². The second-order valence-electron chi connectivity index (χ2n) is 4.28. The first-order valence-corrected chi connectivity index (χ1v) is 9.42. The fourth-order valence-corrected chi connectivity index (χ4v) is 6.83. The number of halogens is 6. The minimum atomic E-state index is -5.19. The molecule has 0 fully saturated rings. The highest BCUT2D eigenvalue weighted by molar-refractivity contribution is 8.34. The molecule has 0 spiro atoms. The van der Waals surface area contributed by atoms with Crippen LogP contribution in [0, 0.1) is 0 Å². The van der Waals surface area contributed by atoms with Crippen LogP contribution in [0.4, 0.5) is 26.3 Å². The molecule has 0 atom stereocenters. The van der Waals surface area contributed by atoms with Gasteiger partial charge in [-0.05, 0) is 0 Å². The van der Waals surface area contributed by atoms with Crippen LogP contribution in [0.1, 0.15) is 0 Å². The maximum Gasteiger partial charge on any atom is 0.423 e. The molecule has 26 heavy (non-hydrogen) atoms. The highest BCUT2D eigenvalue weighted by Gasteiger charge is 2.51. The summed E-state index contributed by atoms with van der Waals surface area (Å²) < 4.78 is 86.2. The normalized spacial score (nSPS) is 18.8. The van der Waals surface area contributed by atoms with Crippen LogP contribution in [-0.2, 0) is 19.1 Å². The summed E-state index contributed by atoms with van der Waals surface area (Å²) >= 11 is 0.918. The Morgan fingerprint density at radius 1 is 0.692 bits per heavy atom. The molecule has 0 N–H and O–H groups in total. The van der Waals surface area contributed by atoms with Crippen molar-refractivity contribution in [2.75, 3.05) is 14.2 Å². The molecule has 2 aliphatic heterocycles. The molecule has 0 amide bonds. The quantitative estimate of drug-likeness (QED) is 0.427. The molecule has 144 valence electrons.